The van der Waals surface area contributed by atoms with Crippen LogP contribution in [-0.2, 0) is 6.54 Å². The Bertz CT molecular complexity index is 2420. The van der Waals surface area contributed by atoms with E-state index in [0.717, 1.165) is 50.4 Å². The van der Waals surface area contributed by atoms with Crippen molar-refractivity contribution in [3.05, 3.63) is 150 Å². The first kappa shape index (κ1) is 24.8. The fraction of sp³-hybridized carbons (Fsp3) is 0.0500. The molecule has 0 amide bonds. The number of fused-ring (bicyclic) bond motifs is 4. The predicted molar refractivity (Wildman–Crippen MR) is 181 cm³/mol. The maximum absolute atomic E-state index is 6.24. The Morgan fingerprint density at radius 2 is 1.32 bits per heavy atom. The molecule has 0 bridgehead atoms. The third kappa shape index (κ3) is 3.99. The number of furan rings is 1. The summed E-state index contributed by atoms with van der Waals surface area (Å²) in [5.74, 6) is 1.56. The minimum Gasteiger partial charge on any atom is -0.487 e. The highest BCUT2D eigenvalue weighted by atomic mass is 16.5. The summed E-state index contributed by atoms with van der Waals surface area (Å²) in [6.45, 7) is 0.976. The summed E-state index contributed by atoms with van der Waals surface area (Å²) in [7, 11) is 0. The number of para-hydroxylation sites is 1. The highest BCUT2D eigenvalue weighted by Crippen LogP contribution is 2.43. The number of ether oxygens (including phenoxy) is 1. The molecule has 0 saturated carbocycles. The smallest absolute Gasteiger partial charge is 0.155 e. The summed E-state index contributed by atoms with van der Waals surface area (Å²) < 4.78 is 12.2. The zero-order valence-electron chi connectivity index (χ0n) is 23.8. The number of aliphatic imine (C=N–C) groups is 2. The highest BCUT2D eigenvalue weighted by molar-refractivity contribution is 6.33. The molecular weight excluding hydrogens is 540 g/mol. The maximum Gasteiger partial charge on any atom is 0.155 e. The van der Waals surface area contributed by atoms with Crippen molar-refractivity contribution >= 4 is 55.0 Å². The SMILES string of the molecule is c1ccc(CN=C(N=C2COc3ccccc32)c2cccc(-c3ccc4c(c3)c3cccc5oc6cccc4c6c53)c2)cc1. The molecule has 0 atom stereocenters. The summed E-state index contributed by atoms with van der Waals surface area (Å²) >= 11 is 0. The zero-order valence-corrected chi connectivity index (χ0v) is 23.8. The molecule has 1 aromatic heterocycles. The standard InChI is InChI=1S/C40H26N2O2/c1-2-9-25(10-3-1)23-41-40(42-34-24-43-35-16-5-4-13-32(34)35)28-12-6-11-26(21-28)27-19-20-29-30-14-7-17-36-38(30)39-31(33(29)22-27)15-8-18-37(39)44-36/h1-22H,23-24H2. The van der Waals surface area contributed by atoms with Gasteiger partial charge in [0.05, 0.1) is 12.3 Å². The molecule has 8 aromatic rings. The second-order valence-corrected chi connectivity index (χ2v) is 11.3. The maximum atomic E-state index is 6.24. The van der Waals surface area contributed by atoms with E-state index in [1.807, 2.05) is 36.4 Å². The van der Waals surface area contributed by atoms with E-state index in [4.69, 9.17) is 19.1 Å². The van der Waals surface area contributed by atoms with Crippen LogP contribution in [-0.4, -0.2) is 18.2 Å². The van der Waals surface area contributed by atoms with E-state index in [-0.39, 0.29) is 0 Å². The summed E-state index contributed by atoms with van der Waals surface area (Å²) in [6.07, 6.45) is 0. The van der Waals surface area contributed by atoms with Crippen LogP contribution in [0.5, 0.6) is 5.75 Å². The molecule has 1 aliphatic heterocycles. The second kappa shape index (κ2) is 9.92. The molecule has 0 N–H and O–H groups in total. The van der Waals surface area contributed by atoms with Gasteiger partial charge < -0.3 is 9.15 Å². The lowest BCUT2D eigenvalue weighted by Gasteiger charge is -2.11. The van der Waals surface area contributed by atoms with Crippen molar-refractivity contribution in [2.24, 2.45) is 9.98 Å². The largest absolute Gasteiger partial charge is 0.487 e. The first-order chi connectivity index (χ1) is 21.8. The molecule has 7 aromatic carbocycles. The Hall–Kier alpha value is -5.74. The Morgan fingerprint density at radius 1 is 0.591 bits per heavy atom. The third-order valence-corrected chi connectivity index (χ3v) is 8.63. The van der Waals surface area contributed by atoms with Gasteiger partial charge in [0.15, 0.2) is 5.84 Å². The number of nitrogens with zero attached hydrogens (tertiary/aromatic N) is 2. The minimum atomic E-state index is 0.433. The second-order valence-electron chi connectivity index (χ2n) is 11.3. The van der Waals surface area contributed by atoms with E-state index in [0.29, 0.717) is 19.0 Å². The minimum absolute atomic E-state index is 0.433. The molecular formula is C40H26N2O2. The molecule has 4 heteroatoms. The Labute approximate surface area is 253 Å². The van der Waals surface area contributed by atoms with Gasteiger partial charge in [-0.2, -0.15) is 0 Å². The van der Waals surface area contributed by atoms with Gasteiger partial charge in [-0.05, 0) is 74.6 Å². The molecule has 44 heavy (non-hydrogen) atoms. The van der Waals surface area contributed by atoms with E-state index < -0.39 is 0 Å². The Morgan fingerprint density at radius 3 is 2.16 bits per heavy atom. The van der Waals surface area contributed by atoms with E-state index in [9.17, 15) is 0 Å². The normalized spacial score (nSPS) is 14.3. The first-order valence-electron chi connectivity index (χ1n) is 14.9. The molecule has 9 rings (SSSR count). The number of rotatable bonds is 4. The van der Waals surface area contributed by atoms with E-state index in [2.05, 4.69) is 97.1 Å². The highest BCUT2D eigenvalue weighted by Gasteiger charge is 2.20. The molecule has 4 nitrogen and oxygen atoms in total. The van der Waals surface area contributed by atoms with E-state index in [1.165, 1.54) is 32.3 Å². The van der Waals surface area contributed by atoms with Crippen molar-refractivity contribution < 1.29 is 9.15 Å². The summed E-state index contributed by atoms with van der Waals surface area (Å²) in [5.41, 5.74) is 8.15. The summed E-state index contributed by atoms with van der Waals surface area (Å²) in [4.78, 5) is 10.1. The summed E-state index contributed by atoms with van der Waals surface area (Å²) in [5, 5.41) is 7.29. The molecule has 1 aliphatic rings. The first-order valence-corrected chi connectivity index (χ1v) is 14.9. The van der Waals surface area contributed by atoms with Crippen LogP contribution in [0, 0.1) is 0 Å². The third-order valence-electron chi connectivity index (χ3n) is 8.63. The fourth-order valence-electron chi connectivity index (χ4n) is 6.55. The van der Waals surface area contributed by atoms with Crippen LogP contribution >= 0.6 is 0 Å². The van der Waals surface area contributed by atoms with Crippen LogP contribution in [0.1, 0.15) is 16.7 Å². The van der Waals surface area contributed by atoms with Crippen LogP contribution in [0.2, 0.25) is 0 Å². The Kier molecular flexibility index (Phi) is 5.60. The fourth-order valence-corrected chi connectivity index (χ4v) is 6.55. The van der Waals surface area contributed by atoms with E-state index >= 15 is 0 Å². The number of hydrogen-bond donors (Lipinski definition) is 0. The van der Waals surface area contributed by atoms with Crippen LogP contribution in [0.4, 0.5) is 0 Å². The number of amidine groups is 1. The van der Waals surface area contributed by atoms with Crippen molar-refractivity contribution in [2.75, 3.05) is 6.61 Å². The van der Waals surface area contributed by atoms with Crippen molar-refractivity contribution in [1.29, 1.82) is 0 Å². The molecule has 0 saturated heterocycles. The molecule has 208 valence electrons. The van der Waals surface area contributed by atoms with Gasteiger partial charge in [-0.3, -0.25) is 4.99 Å². The average Bonchev–Trinajstić information content (AvgIpc) is 3.68. The van der Waals surface area contributed by atoms with Gasteiger partial charge in [0.1, 0.15) is 23.5 Å². The van der Waals surface area contributed by atoms with E-state index in [1.54, 1.807) is 0 Å². The van der Waals surface area contributed by atoms with Gasteiger partial charge in [-0.25, -0.2) is 4.99 Å². The molecule has 0 radical (unpaired) electrons. The number of benzene rings is 7. The van der Waals surface area contributed by atoms with Gasteiger partial charge in [0, 0.05) is 21.9 Å². The van der Waals surface area contributed by atoms with Crippen LogP contribution in [0.25, 0.3) is 54.6 Å². The molecule has 0 unspecified atom stereocenters. The average molecular weight is 567 g/mol. The van der Waals surface area contributed by atoms with Crippen molar-refractivity contribution in [3.63, 3.8) is 0 Å². The Balaban J connectivity index is 1.18. The molecule has 0 fully saturated rings. The molecule has 0 spiro atoms. The topological polar surface area (TPSA) is 47.1 Å². The van der Waals surface area contributed by atoms with Crippen LogP contribution < -0.4 is 4.74 Å². The van der Waals surface area contributed by atoms with Crippen LogP contribution in [0.3, 0.4) is 0 Å². The van der Waals surface area contributed by atoms with Crippen LogP contribution in [0.15, 0.2) is 148 Å². The van der Waals surface area contributed by atoms with Crippen molar-refractivity contribution in [2.45, 2.75) is 6.54 Å². The lowest BCUT2D eigenvalue weighted by atomic mass is 9.92. The zero-order chi connectivity index (χ0) is 29.0. The van der Waals surface area contributed by atoms with Crippen molar-refractivity contribution in [1.82, 2.24) is 0 Å². The summed E-state index contributed by atoms with van der Waals surface area (Å²) in [6, 6.07) is 46.4. The van der Waals surface area contributed by atoms with Gasteiger partial charge >= 0.3 is 0 Å². The molecule has 0 aliphatic carbocycles. The van der Waals surface area contributed by atoms with Gasteiger partial charge in [-0.15, -0.1) is 0 Å². The lowest BCUT2D eigenvalue weighted by molar-refractivity contribution is 0.393. The van der Waals surface area contributed by atoms with Gasteiger partial charge in [0.2, 0.25) is 0 Å². The van der Waals surface area contributed by atoms with Gasteiger partial charge in [0.25, 0.3) is 0 Å². The quantitative estimate of drug-likeness (QED) is 0.121. The molecule has 2 heterocycles. The lowest BCUT2D eigenvalue weighted by Crippen LogP contribution is -2.08. The monoisotopic (exact) mass is 566 g/mol. The van der Waals surface area contributed by atoms with Gasteiger partial charge in [-0.1, -0.05) is 97.1 Å². The number of hydrogen-bond acceptors (Lipinski definition) is 3. The van der Waals surface area contributed by atoms with Crippen molar-refractivity contribution in [3.8, 4) is 16.9 Å². The predicted octanol–water partition coefficient (Wildman–Crippen LogP) is 9.83.